The quantitative estimate of drug-likeness (QED) is 0.568. The van der Waals surface area contributed by atoms with Gasteiger partial charge in [0.1, 0.15) is 0 Å². The van der Waals surface area contributed by atoms with Crippen molar-refractivity contribution < 1.29 is 0 Å². The molecule has 1 aromatic rings. The lowest BCUT2D eigenvalue weighted by Crippen LogP contribution is -1.78. The third kappa shape index (κ3) is 1.20. The van der Waals surface area contributed by atoms with Crippen molar-refractivity contribution in [3.63, 3.8) is 0 Å². The molecule has 0 aliphatic carbocycles. The molecule has 1 heterocycles. The van der Waals surface area contributed by atoms with Gasteiger partial charge in [0, 0.05) is 5.02 Å². The SMILES string of the molecule is Clc1ccc([S+]2C=C2)cc1. The van der Waals surface area contributed by atoms with Crippen LogP contribution in [0.3, 0.4) is 0 Å². The first-order valence-electron chi connectivity index (χ1n) is 3.02. The molecule has 50 valence electrons. The molecule has 0 spiro atoms. The standard InChI is InChI=1S/C8H6ClS/c9-7-1-3-8(4-2-7)10-5-6-10/h1-6H/q+1. The van der Waals surface area contributed by atoms with Gasteiger partial charge in [0.15, 0.2) is 15.7 Å². The molecule has 0 bridgehead atoms. The first-order valence-corrected chi connectivity index (χ1v) is 4.75. The minimum atomic E-state index is 0.354. The molecule has 1 aliphatic rings. The summed E-state index contributed by atoms with van der Waals surface area (Å²) in [5.74, 6) is 0. The lowest BCUT2D eigenvalue weighted by atomic mass is 10.4. The van der Waals surface area contributed by atoms with Crippen molar-refractivity contribution in [2.75, 3.05) is 0 Å². The summed E-state index contributed by atoms with van der Waals surface area (Å²) >= 11 is 5.72. The normalized spacial score (nSPS) is 15.7. The summed E-state index contributed by atoms with van der Waals surface area (Å²) in [5, 5.41) is 5.21. The molecule has 0 N–H and O–H groups in total. The number of hydrogen-bond acceptors (Lipinski definition) is 0. The monoisotopic (exact) mass is 169 g/mol. The topological polar surface area (TPSA) is 0 Å². The van der Waals surface area contributed by atoms with Crippen LogP contribution >= 0.6 is 11.6 Å². The van der Waals surface area contributed by atoms with Gasteiger partial charge in [0.2, 0.25) is 0 Å². The van der Waals surface area contributed by atoms with E-state index in [1.54, 1.807) is 0 Å². The van der Waals surface area contributed by atoms with Crippen LogP contribution in [0.25, 0.3) is 0 Å². The lowest BCUT2D eigenvalue weighted by Gasteiger charge is -1.87. The predicted octanol–water partition coefficient (Wildman–Crippen LogP) is 2.80. The molecule has 0 saturated heterocycles. The summed E-state index contributed by atoms with van der Waals surface area (Å²) in [7, 11) is 0.354. The second kappa shape index (κ2) is 2.33. The van der Waals surface area contributed by atoms with Crippen LogP contribution in [0.1, 0.15) is 0 Å². The fourth-order valence-corrected chi connectivity index (χ4v) is 1.89. The van der Waals surface area contributed by atoms with Crippen LogP contribution in [0.2, 0.25) is 5.02 Å². The number of halogens is 1. The molecular weight excluding hydrogens is 164 g/mol. The highest BCUT2D eigenvalue weighted by atomic mass is 35.5. The molecule has 0 aromatic heterocycles. The average molecular weight is 170 g/mol. The Morgan fingerprint density at radius 3 is 2.10 bits per heavy atom. The van der Waals surface area contributed by atoms with Crippen molar-refractivity contribution in [1.29, 1.82) is 0 Å². The van der Waals surface area contributed by atoms with Crippen molar-refractivity contribution in [2.24, 2.45) is 0 Å². The molecule has 1 aliphatic heterocycles. The van der Waals surface area contributed by atoms with E-state index in [4.69, 9.17) is 11.6 Å². The molecule has 2 heteroatoms. The minimum absolute atomic E-state index is 0.354. The molecule has 0 atom stereocenters. The molecule has 0 saturated carbocycles. The van der Waals surface area contributed by atoms with E-state index in [0.29, 0.717) is 10.9 Å². The maximum absolute atomic E-state index is 5.72. The largest absolute Gasteiger partial charge is 0.178 e. The van der Waals surface area contributed by atoms with Gasteiger partial charge < -0.3 is 0 Å². The summed E-state index contributed by atoms with van der Waals surface area (Å²) in [4.78, 5) is 1.37. The first-order chi connectivity index (χ1) is 4.86. The fraction of sp³-hybridized carbons (Fsp3) is 0. The lowest BCUT2D eigenvalue weighted by molar-refractivity contribution is 1.47. The highest BCUT2D eigenvalue weighted by Gasteiger charge is 2.27. The van der Waals surface area contributed by atoms with Crippen LogP contribution in [0, 0.1) is 0 Å². The molecule has 0 fully saturated rings. The van der Waals surface area contributed by atoms with Crippen LogP contribution in [-0.4, -0.2) is 0 Å². The third-order valence-corrected chi connectivity index (χ3v) is 2.97. The molecule has 0 unspecified atom stereocenters. The number of benzene rings is 1. The Morgan fingerprint density at radius 1 is 1.00 bits per heavy atom. The van der Waals surface area contributed by atoms with Crippen molar-refractivity contribution >= 4 is 22.5 Å². The van der Waals surface area contributed by atoms with Crippen LogP contribution in [0.15, 0.2) is 40.0 Å². The second-order valence-electron chi connectivity index (χ2n) is 2.10. The molecule has 1 aromatic carbocycles. The van der Waals surface area contributed by atoms with Crippen molar-refractivity contribution in [2.45, 2.75) is 4.90 Å². The Kier molecular flexibility index (Phi) is 1.47. The molecule has 2 rings (SSSR count). The number of rotatable bonds is 1. The van der Waals surface area contributed by atoms with Crippen LogP contribution in [-0.2, 0) is 10.9 Å². The van der Waals surface area contributed by atoms with E-state index in [9.17, 15) is 0 Å². The average Bonchev–Trinajstić information content (AvgIpc) is 2.71. The molecule has 0 nitrogen and oxygen atoms in total. The van der Waals surface area contributed by atoms with E-state index < -0.39 is 0 Å². The number of hydrogen-bond donors (Lipinski definition) is 0. The highest BCUT2D eigenvalue weighted by Crippen LogP contribution is 2.27. The van der Waals surface area contributed by atoms with Gasteiger partial charge in [-0.1, -0.05) is 11.6 Å². The van der Waals surface area contributed by atoms with Crippen molar-refractivity contribution in [1.82, 2.24) is 0 Å². The fourth-order valence-electron chi connectivity index (χ4n) is 0.777. The van der Waals surface area contributed by atoms with Crippen LogP contribution < -0.4 is 0 Å². The van der Waals surface area contributed by atoms with Crippen LogP contribution in [0.4, 0.5) is 0 Å². The Balaban J connectivity index is 2.28. The van der Waals surface area contributed by atoms with Crippen molar-refractivity contribution in [3.8, 4) is 0 Å². The van der Waals surface area contributed by atoms with E-state index in [-0.39, 0.29) is 0 Å². The van der Waals surface area contributed by atoms with Crippen molar-refractivity contribution in [3.05, 3.63) is 40.1 Å². The van der Waals surface area contributed by atoms with Gasteiger partial charge in [-0.15, -0.1) is 0 Å². The smallest absolute Gasteiger partial charge is 0.0843 e. The van der Waals surface area contributed by atoms with E-state index in [1.165, 1.54) is 4.90 Å². The summed E-state index contributed by atoms with van der Waals surface area (Å²) in [6, 6.07) is 8.02. The Hall–Kier alpha value is -0.400. The van der Waals surface area contributed by atoms with Gasteiger partial charge in [0.25, 0.3) is 0 Å². The molecule has 0 amide bonds. The zero-order valence-electron chi connectivity index (χ0n) is 5.25. The maximum Gasteiger partial charge on any atom is 0.178 e. The minimum Gasteiger partial charge on any atom is -0.0843 e. The van der Waals surface area contributed by atoms with E-state index in [2.05, 4.69) is 22.9 Å². The Labute approximate surface area is 67.9 Å². The third-order valence-electron chi connectivity index (χ3n) is 1.36. The van der Waals surface area contributed by atoms with Gasteiger partial charge in [-0.25, -0.2) is 0 Å². The van der Waals surface area contributed by atoms with Gasteiger partial charge in [-0.3, -0.25) is 0 Å². The summed E-state index contributed by atoms with van der Waals surface area (Å²) < 4.78 is 0. The van der Waals surface area contributed by atoms with Gasteiger partial charge in [0.05, 0.1) is 10.9 Å². The highest BCUT2D eigenvalue weighted by molar-refractivity contribution is 8.08. The van der Waals surface area contributed by atoms with E-state index >= 15 is 0 Å². The zero-order chi connectivity index (χ0) is 6.97. The molecule has 0 radical (unpaired) electrons. The zero-order valence-corrected chi connectivity index (χ0v) is 6.82. The first kappa shape index (κ1) is 6.32. The predicted molar refractivity (Wildman–Crippen MR) is 46.2 cm³/mol. The molecule has 10 heavy (non-hydrogen) atoms. The summed E-state index contributed by atoms with van der Waals surface area (Å²) in [6.45, 7) is 0. The van der Waals surface area contributed by atoms with Crippen LogP contribution in [0.5, 0.6) is 0 Å². The van der Waals surface area contributed by atoms with E-state index in [1.807, 2.05) is 12.1 Å². The van der Waals surface area contributed by atoms with Gasteiger partial charge in [-0.2, -0.15) is 0 Å². The van der Waals surface area contributed by atoms with E-state index in [0.717, 1.165) is 5.02 Å². The van der Waals surface area contributed by atoms with Gasteiger partial charge in [-0.05, 0) is 24.3 Å². The maximum atomic E-state index is 5.72. The second-order valence-corrected chi connectivity index (χ2v) is 4.29. The molecular formula is C8H6ClS+. The Morgan fingerprint density at radius 2 is 1.60 bits per heavy atom. The van der Waals surface area contributed by atoms with Gasteiger partial charge >= 0.3 is 0 Å². The summed E-state index contributed by atoms with van der Waals surface area (Å²) in [5.41, 5.74) is 0. The Bertz CT molecular complexity index is 257. The summed E-state index contributed by atoms with van der Waals surface area (Å²) in [6.07, 6.45) is 0.